The van der Waals surface area contributed by atoms with Gasteiger partial charge in [-0.25, -0.2) is 4.79 Å². The fourth-order valence-corrected chi connectivity index (χ4v) is 4.06. The molecule has 1 heterocycles. The molecule has 3 amide bonds. The largest absolute Gasteiger partial charge is 0.497 e. The molecule has 0 saturated carbocycles. The number of halogens is 1. The van der Waals surface area contributed by atoms with E-state index in [1.807, 2.05) is 30.3 Å². The highest BCUT2D eigenvalue weighted by molar-refractivity contribution is 6.33. The van der Waals surface area contributed by atoms with Crippen molar-refractivity contribution in [1.29, 1.82) is 0 Å². The Balaban J connectivity index is 1.49. The van der Waals surface area contributed by atoms with Crippen molar-refractivity contribution in [2.45, 2.75) is 19.4 Å². The molecular weight excluding hydrogens is 452 g/mol. The van der Waals surface area contributed by atoms with E-state index in [1.165, 1.54) is 0 Å². The predicted octanol–water partition coefficient (Wildman–Crippen LogP) is 5.52. The van der Waals surface area contributed by atoms with Crippen LogP contribution in [0.3, 0.4) is 0 Å². The molecule has 0 spiro atoms. The molecular formula is C26H27ClN4O3. The summed E-state index contributed by atoms with van der Waals surface area (Å²) in [4.78, 5) is 27.8. The number of hydrogen-bond donors (Lipinski definition) is 3. The molecule has 1 fully saturated rings. The van der Waals surface area contributed by atoms with Crippen LogP contribution in [0.2, 0.25) is 5.02 Å². The highest BCUT2D eigenvalue weighted by atomic mass is 35.5. The fraction of sp³-hybridized carbons (Fsp3) is 0.231. The number of ether oxygens (including phenoxy) is 1. The number of benzene rings is 3. The topological polar surface area (TPSA) is 82.7 Å². The Hall–Kier alpha value is -3.71. The molecule has 3 aromatic carbocycles. The molecule has 1 aliphatic heterocycles. The van der Waals surface area contributed by atoms with Gasteiger partial charge in [-0.05, 0) is 60.9 Å². The maximum Gasteiger partial charge on any atom is 0.323 e. The van der Waals surface area contributed by atoms with Gasteiger partial charge in [0, 0.05) is 25.2 Å². The number of methoxy groups -OCH3 is 1. The summed E-state index contributed by atoms with van der Waals surface area (Å²) < 4.78 is 5.17. The van der Waals surface area contributed by atoms with E-state index in [-0.39, 0.29) is 5.91 Å². The van der Waals surface area contributed by atoms with Gasteiger partial charge in [-0.1, -0.05) is 35.9 Å². The third-order valence-corrected chi connectivity index (χ3v) is 6.02. The van der Waals surface area contributed by atoms with Gasteiger partial charge in [0.2, 0.25) is 0 Å². The van der Waals surface area contributed by atoms with Crippen molar-refractivity contribution in [2.75, 3.05) is 35.7 Å². The molecule has 7 nitrogen and oxygen atoms in total. The summed E-state index contributed by atoms with van der Waals surface area (Å²) in [5.74, 6) is 0.539. The van der Waals surface area contributed by atoms with E-state index in [4.69, 9.17) is 16.3 Å². The predicted molar refractivity (Wildman–Crippen MR) is 136 cm³/mol. The number of hydrogen-bond acceptors (Lipinski definition) is 4. The van der Waals surface area contributed by atoms with Gasteiger partial charge in [0.15, 0.2) is 0 Å². The normalized spacial score (nSPS) is 12.8. The highest BCUT2D eigenvalue weighted by Crippen LogP contribution is 2.31. The first-order chi connectivity index (χ1) is 16.5. The minimum absolute atomic E-state index is 0.224. The van der Waals surface area contributed by atoms with Gasteiger partial charge in [0.1, 0.15) is 5.75 Å². The second-order valence-corrected chi connectivity index (χ2v) is 8.42. The number of para-hydroxylation sites is 1. The van der Waals surface area contributed by atoms with Crippen LogP contribution < -0.4 is 25.6 Å². The van der Waals surface area contributed by atoms with Crippen LogP contribution >= 0.6 is 11.6 Å². The Morgan fingerprint density at radius 3 is 2.35 bits per heavy atom. The third-order valence-electron chi connectivity index (χ3n) is 5.69. The van der Waals surface area contributed by atoms with Crippen LogP contribution in [0.4, 0.5) is 21.9 Å². The maximum atomic E-state index is 12.9. The van der Waals surface area contributed by atoms with Crippen molar-refractivity contribution in [1.82, 2.24) is 5.32 Å². The Morgan fingerprint density at radius 1 is 0.941 bits per heavy atom. The van der Waals surface area contributed by atoms with Crippen LogP contribution in [-0.4, -0.2) is 32.1 Å². The first-order valence-electron chi connectivity index (χ1n) is 11.2. The van der Waals surface area contributed by atoms with Crippen molar-refractivity contribution >= 4 is 40.6 Å². The average molecular weight is 479 g/mol. The van der Waals surface area contributed by atoms with E-state index in [1.54, 1.807) is 43.5 Å². The molecule has 1 saturated heterocycles. The van der Waals surface area contributed by atoms with Crippen LogP contribution in [0.15, 0.2) is 66.7 Å². The Labute approximate surface area is 204 Å². The molecule has 3 aromatic rings. The van der Waals surface area contributed by atoms with Crippen LogP contribution in [0.5, 0.6) is 5.75 Å². The van der Waals surface area contributed by atoms with Crippen LogP contribution in [0, 0.1) is 0 Å². The Bertz CT molecular complexity index is 1160. The molecule has 34 heavy (non-hydrogen) atoms. The zero-order valence-electron chi connectivity index (χ0n) is 18.9. The van der Waals surface area contributed by atoms with E-state index < -0.39 is 6.03 Å². The molecule has 0 aliphatic carbocycles. The van der Waals surface area contributed by atoms with Gasteiger partial charge >= 0.3 is 6.03 Å². The lowest BCUT2D eigenvalue weighted by molar-refractivity contribution is 0.0951. The number of amides is 3. The number of nitrogens with one attached hydrogen (secondary N) is 3. The van der Waals surface area contributed by atoms with Crippen molar-refractivity contribution in [2.24, 2.45) is 0 Å². The molecule has 0 unspecified atom stereocenters. The van der Waals surface area contributed by atoms with Crippen LogP contribution in [-0.2, 0) is 6.54 Å². The molecule has 176 valence electrons. The van der Waals surface area contributed by atoms with Crippen molar-refractivity contribution in [3.8, 4) is 5.75 Å². The maximum absolute atomic E-state index is 12.9. The number of carbonyl (C=O) groups is 2. The Morgan fingerprint density at radius 2 is 1.65 bits per heavy atom. The van der Waals surface area contributed by atoms with E-state index in [0.29, 0.717) is 28.5 Å². The third kappa shape index (κ3) is 5.80. The second kappa shape index (κ2) is 10.9. The second-order valence-electron chi connectivity index (χ2n) is 8.02. The minimum Gasteiger partial charge on any atom is -0.497 e. The summed E-state index contributed by atoms with van der Waals surface area (Å²) >= 11 is 6.16. The van der Waals surface area contributed by atoms with Gasteiger partial charge in [-0.15, -0.1) is 0 Å². The van der Waals surface area contributed by atoms with E-state index >= 15 is 0 Å². The van der Waals surface area contributed by atoms with Crippen LogP contribution in [0.25, 0.3) is 0 Å². The quantitative estimate of drug-likeness (QED) is 0.417. The first kappa shape index (κ1) is 23.4. The smallest absolute Gasteiger partial charge is 0.323 e. The molecule has 3 N–H and O–H groups in total. The molecule has 0 aromatic heterocycles. The number of nitrogens with zero attached hydrogens (tertiary/aromatic N) is 1. The van der Waals surface area contributed by atoms with Gasteiger partial charge in [-0.3, -0.25) is 4.79 Å². The van der Waals surface area contributed by atoms with E-state index in [2.05, 4.69) is 20.9 Å². The SMILES string of the molecule is COc1ccc(CNC(=O)c2ccc(N3CCCC3)c(NC(=O)Nc3ccccc3Cl)c2)cc1. The molecule has 1 aliphatic rings. The van der Waals surface area contributed by atoms with E-state index in [0.717, 1.165) is 42.9 Å². The summed E-state index contributed by atoms with van der Waals surface area (Å²) in [6, 6.07) is 19.5. The minimum atomic E-state index is -0.427. The van der Waals surface area contributed by atoms with Gasteiger partial charge in [0.05, 0.1) is 29.2 Å². The number of urea groups is 1. The first-order valence-corrected chi connectivity index (χ1v) is 11.5. The highest BCUT2D eigenvalue weighted by Gasteiger charge is 2.19. The van der Waals surface area contributed by atoms with Gasteiger partial charge in [0.25, 0.3) is 5.91 Å². The zero-order chi connectivity index (χ0) is 23.9. The molecule has 8 heteroatoms. The number of anilines is 3. The summed E-state index contributed by atoms with van der Waals surface area (Å²) in [5.41, 5.74) is 3.39. The lowest BCUT2D eigenvalue weighted by Crippen LogP contribution is -2.26. The lowest BCUT2D eigenvalue weighted by atomic mass is 10.1. The standard InChI is InChI=1S/C26H27ClN4O3/c1-34-20-11-8-18(9-12-20)17-28-25(32)19-10-13-24(31-14-4-5-15-31)23(16-19)30-26(33)29-22-7-3-2-6-21(22)27/h2-3,6-13,16H,4-5,14-15,17H2,1H3,(H,28,32)(H2,29,30,33). The fourth-order valence-electron chi connectivity index (χ4n) is 3.88. The monoisotopic (exact) mass is 478 g/mol. The van der Waals surface area contributed by atoms with Gasteiger partial charge < -0.3 is 25.6 Å². The molecule has 0 radical (unpaired) electrons. The van der Waals surface area contributed by atoms with E-state index in [9.17, 15) is 9.59 Å². The summed E-state index contributed by atoms with van der Waals surface area (Å²) in [6.45, 7) is 2.19. The van der Waals surface area contributed by atoms with Crippen molar-refractivity contribution in [3.63, 3.8) is 0 Å². The number of carbonyl (C=O) groups excluding carboxylic acids is 2. The van der Waals surface area contributed by atoms with Crippen molar-refractivity contribution in [3.05, 3.63) is 82.9 Å². The molecule has 0 atom stereocenters. The molecule has 0 bridgehead atoms. The Kier molecular flexibility index (Phi) is 7.54. The zero-order valence-corrected chi connectivity index (χ0v) is 19.7. The summed E-state index contributed by atoms with van der Waals surface area (Å²) in [7, 11) is 1.61. The summed E-state index contributed by atoms with van der Waals surface area (Å²) in [5, 5.41) is 9.05. The molecule has 4 rings (SSSR count). The number of rotatable bonds is 7. The lowest BCUT2D eigenvalue weighted by Gasteiger charge is -2.22. The average Bonchev–Trinajstić information content (AvgIpc) is 3.39. The van der Waals surface area contributed by atoms with Gasteiger partial charge in [-0.2, -0.15) is 0 Å². The summed E-state index contributed by atoms with van der Waals surface area (Å²) in [6.07, 6.45) is 2.19. The van der Waals surface area contributed by atoms with Crippen LogP contribution in [0.1, 0.15) is 28.8 Å². The van der Waals surface area contributed by atoms with Crippen molar-refractivity contribution < 1.29 is 14.3 Å².